The SMILES string of the molecule is COc1ccc(C(C)NC(=O)CCc2c(C)nc3c4ccccc4nn3c2C)cc1OC. The highest BCUT2D eigenvalue weighted by Gasteiger charge is 2.17. The van der Waals surface area contributed by atoms with Gasteiger partial charge in [-0.05, 0) is 62.6 Å². The molecule has 0 aliphatic rings. The van der Waals surface area contributed by atoms with Crippen LogP contribution in [0.2, 0.25) is 0 Å². The number of methoxy groups -OCH3 is 2. The van der Waals surface area contributed by atoms with Gasteiger partial charge in [0.25, 0.3) is 0 Å². The molecule has 1 unspecified atom stereocenters. The molecule has 1 N–H and O–H groups in total. The highest BCUT2D eigenvalue weighted by Crippen LogP contribution is 2.30. The molecule has 0 bridgehead atoms. The topological polar surface area (TPSA) is 77.8 Å². The van der Waals surface area contributed by atoms with E-state index >= 15 is 0 Å². The number of amides is 1. The molecule has 7 nitrogen and oxygen atoms in total. The Labute approximate surface area is 187 Å². The maximum absolute atomic E-state index is 12.7. The van der Waals surface area contributed by atoms with Crippen molar-refractivity contribution in [3.63, 3.8) is 0 Å². The van der Waals surface area contributed by atoms with E-state index in [2.05, 4.69) is 5.32 Å². The molecule has 7 heteroatoms. The van der Waals surface area contributed by atoms with E-state index in [0.29, 0.717) is 24.3 Å². The van der Waals surface area contributed by atoms with Crippen LogP contribution in [0.3, 0.4) is 0 Å². The van der Waals surface area contributed by atoms with Crippen molar-refractivity contribution >= 4 is 22.5 Å². The minimum atomic E-state index is -0.151. The van der Waals surface area contributed by atoms with Gasteiger partial charge >= 0.3 is 0 Å². The molecular formula is C25H28N4O3. The van der Waals surface area contributed by atoms with Crippen LogP contribution in [0.15, 0.2) is 42.5 Å². The van der Waals surface area contributed by atoms with Gasteiger partial charge in [0, 0.05) is 23.2 Å². The van der Waals surface area contributed by atoms with E-state index in [1.54, 1.807) is 14.2 Å². The van der Waals surface area contributed by atoms with Crippen LogP contribution < -0.4 is 14.8 Å². The summed E-state index contributed by atoms with van der Waals surface area (Å²) in [6.45, 7) is 5.99. The summed E-state index contributed by atoms with van der Waals surface area (Å²) in [6.07, 6.45) is 0.967. The number of benzene rings is 2. The summed E-state index contributed by atoms with van der Waals surface area (Å²) < 4.78 is 12.5. The second kappa shape index (κ2) is 8.86. The first-order valence-electron chi connectivity index (χ1n) is 10.7. The van der Waals surface area contributed by atoms with Gasteiger partial charge in [0.2, 0.25) is 5.91 Å². The number of nitrogens with zero attached hydrogens (tertiary/aromatic N) is 3. The fraction of sp³-hybridized carbons (Fsp3) is 0.320. The number of hydrogen-bond acceptors (Lipinski definition) is 5. The highest BCUT2D eigenvalue weighted by molar-refractivity contribution is 5.92. The average Bonchev–Trinajstić information content (AvgIpc) is 3.17. The Balaban J connectivity index is 1.48. The number of nitrogens with one attached hydrogen (secondary N) is 1. The summed E-state index contributed by atoms with van der Waals surface area (Å²) >= 11 is 0. The summed E-state index contributed by atoms with van der Waals surface area (Å²) in [6, 6.07) is 13.5. The first kappa shape index (κ1) is 21.6. The van der Waals surface area contributed by atoms with Gasteiger partial charge in [-0.15, -0.1) is 0 Å². The average molecular weight is 433 g/mol. The lowest BCUT2D eigenvalue weighted by Gasteiger charge is -2.17. The molecule has 4 aromatic rings. The summed E-state index contributed by atoms with van der Waals surface area (Å²) in [4.78, 5) is 17.5. The molecule has 0 radical (unpaired) electrons. The minimum absolute atomic E-state index is 0.0168. The maximum atomic E-state index is 12.7. The molecule has 0 aliphatic carbocycles. The number of hydrogen-bond donors (Lipinski definition) is 1. The Morgan fingerprint density at radius 1 is 1.09 bits per heavy atom. The van der Waals surface area contributed by atoms with Crippen LogP contribution >= 0.6 is 0 Å². The normalized spacial score (nSPS) is 12.2. The van der Waals surface area contributed by atoms with Crippen LogP contribution in [0.5, 0.6) is 11.5 Å². The third-order valence-electron chi connectivity index (χ3n) is 5.91. The molecule has 0 saturated carbocycles. The van der Waals surface area contributed by atoms with Crippen molar-refractivity contribution in [2.75, 3.05) is 14.2 Å². The van der Waals surface area contributed by atoms with Crippen molar-refractivity contribution in [3.05, 3.63) is 65.0 Å². The third-order valence-corrected chi connectivity index (χ3v) is 5.91. The van der Waals surface area contributed by atoms with Gasteiger partial charge in [0.1, 0.15) is 0 Å². The number of rotatable bonds is 7. The van der Waals surface area contributed by atoms with Crippen molar-refractivity contribution in [3.8, 4) is 11.5 Å². The predicted octanol–water partition coefficient (Wildman–Crippen LogP) is 4.33. The van der Waals surface area contributed by atoms with Crippen molar-refractivity contribution in [1.29, 1.82) is 0 Å². The van der Waals surface area contributed by atoms with Crippen LogP contribution in [0, 0.1) is 13.8 Å². The zero-order valence-electron chi connectivity index (χ0n) is 19.1. The Morgan fingerprint density at radius 3 is 2.59 bits per heavy atom. The monoisotopic (exact) mass is 432 g/mol. The minimum Gasteiger partial charge on any atom is -0.493 e. The summed E-state index contributed by atoms with van der Waals surface area (Å²) in [7, 11) is 3.20. The Morgan fingerprint density at radius 2 is 1.84 bits per heavy atom. The Bertz CT molecular complexity index is 1300. The van der Waals surface area contributed by atoms with Crippen LogP contribution in [0.1, 0.15) is 41.9 Å². The quantitative estimate of drug-likeness (QED) is 0.470. The number of carbonyl (C=O) groups excluding carboxylic acids is 1. The van der Waals surface area contributed by atoms with E-state index in [4.69, 9.17) is 19.6 Å². The molecular weight excluding hydrogens is 404 g/mol. The summed E-state index contributed by atoms with van der Waals surface area (Å²) in [5.74, 6) is 1.29. The molecule has 0 fully saturated rings. The van der Waals surface area contributed by atoms with Crippen LogP contribution in [-0.4, -0.2) is 34.7 Å². The lowest BCUT2D eigenvalue weighted by Crippen LogP contribution is -2.27. The van der Waals surface area contributed by atoms with Crippen LogP contribution in [-0.2, 0) is 11.2 Å². The second-order valence-electron chi connectivity index (χ2n) is 7.92. The molecule has 2 aromatic heterocycles. The van der Waals surface area contributed by atoms with E-state index < -0.39 is 0 Å². The summed E-state index contributed by atoms with van der Waals surface area (Å²) in [5, 5.41) is 8.80. The van der Waals surface area contributed by atoms with E-state index in [1.165, 1.54) is 0 Å². The number of fused-ring (bicyclic) bond motifs is 3. The summed E-state index contributed by atoms with van der Waals surface area (Å²) in [5.41, 5.74) is 5.73. The van der Waals surface area contributed by atoms with E-state index in [1.807, 2.05) is 67.8 Å². The van der Waals surface area contributed by atoms with Crippen molar-refractivity contribution < 1.29 is 14.3 Å². The van der Waals surface area contributed by atoms with Crippen molar-refractivity contribution in [2.24, 2.45) is 0 Å². The van der Waals surface area contributed by atoms with Crippen LogP contribution in [0.25, 0.3) is 16.6 Å². The molecule has 2 heterocycles. The second-order valence-corrected chi connectivity index (χ2v) is 7.92. The standard InChI is InChI=1S/C25H28N4O3/c1-15(18-10-12-22(31-4)23(14-18)32-5)26-24(30)13-11-19-16(2)27-25-20-8-6-7-9-21(20)28-29(25)17(19)3/h6-10,12,14-15H,11,13H2,1-5H3,(H,26,30). The third kappa shape index (κ3) is 3.98. The number of ether oxygens (including phenoxy) is 2. The van der Waals surface area contributed by atoms with Crippen molar-refractivity contribution in [1.82, 2.24) is 19.9 Å². The van der Waals surface area contributed by atoms with Gasteiger partial charge in [-0.25, -0.2) is 9.50 Å². The van der Waals surface area contributed by atoms with E-state index in [-0.39, 0.29) is 11.9 Å². The molecule has 0 spiro atoms. The fourth-order valence-electron chi connectivity index (χ4n) is 4.10. The molecule has 32 heavy (non-hydrogen) atoms. The Hall–Kier alpha value is -3.61. The fourth-order valence-corrected chi connectivity index (χ4v) is 4.10. The zero-order valence-corrected chi connectivity index (χ0v) is 19.1. The highest BCUT2D eigenvalue weighted by atomic mass is 16.5. The molecule has 1 amide bonds. The van der Waals surface area contributed by atoms with Gasteiger partial charge in [-0.2, -0.15) is 5.10 Å². The molecule has 0 saturated heterocycles. The molecule has 0 aliphatic heterocycles. The van der Waals surface area contributed by atoms with E-state index in [9.17, 15) is 4.79 Å². The molecule has 1 atom stereocenters. The number of aromatic nitrogens is 3. The number of carbonyl (C=O) groups is 1. The van der Waals surface area contributed by atoms with E-state index in [0.717, 1.165) is 39.1 Å². The van der Waals surface area contributed by atoms with Gasteiger partial charge < -0.3 is 14.8 Å². The van der Waals surface area contributed by atoms with Gasteiger partial charge in [-0.3, -0.25) is 4.79 Å². The molecule has 166 valence electrons. The number of aryl methyl sites for hydroxylation is 2. The first-order valence-corrected chi connectivity index (χ1v) is 10.7. The van der Waals surface area contributed by atoms with Crippen LogP contribution in [0.4, 0.5) is 0 Å². The maximum Gasteiger partial charge on any atom is 0.220 e. The zero-order chi connectivity index (χ0) is 22.8. The van der Waals surface area contributed by atoms with Gasteiger partial charge in [-0.1, -0.05) is 18.2 Å². The lowest BCUT2D eigenvalue weighted by atomic mass is 10.0. The molecule has 2 aromatic carbocycles. The smallest absolute Gasteiger partial charge is 0.220 e. The molecule has 4 rings (SSSR count). The lowest BCUT2D eigenvalue weighted by molar-refractivity contribution is -0.121. The van der Waals surface area contributed by atoms with Gasteiger partial charge in [0.05, 0.1) is 25.8 Å². The first-order chi connectivity index (χ1) is 15.4. The Kier molecular flexibility index (Phi) is 5.99. The predicted molar refractivity (Wildman–Crippen MR) is 124 cm³/mol. The largest absolute Gasteiger partial charge is 0.493 e. The van der Waals surface area contributed by atoms with Gasteiger partial charge in [0.15, 0.2) is 17.1 Å². The van der Waals surface area contributed by atoms with Crippen molar-refractivity contribution in [2.45, 2.75) is 39.7 Å².